The van der Waals surface area contributed by atoms with Gasteiger partial charge in [0.25, 0.3) is 0 Å². The lowest BCUT2D eigenvalue weighted by molar-refractivity contribution is -0.0769. The predicted molar refractivity (Wildman–Crippen MR) is 93.3 cm³/mol. The molecular formula is C16H25BrN2OS. The van der Waals surface area contributed by atoms with Crippen LogP contribution in [0.25, 0.3) is 0 Å². The molecule has 1 fully saturated rings. The molecular weight excluding hydrogens is 348 g/mol. The third kappa shape index (κ3) is 4.45. The Morgan fingerprint density at radius 2 is 2.14 bits per heavy atom. The van der Waals surface area contributed by atoms with Gasteiger partial charge in [-0.1, -0.05) is 22.0 Å². The van der Waals surface area contributed by atoms with Crippen LogP contribution in [0.3, 0.4) is 0 Å². The molecule has 1 aliphatic rings. The summed E-state index contributed by atoms with van der Waals surface area (Å²) >= 11 is 5.34. The third-order valence-electron chi connectivity index (χ3n) is 4.07. The van der Waals surface area contributed by atoms with Gasteiger partial charge in [-0.05, 0) is 52.3 Å². The van der Waals surface area contributed by atoms with E-state index in [1.165, 1.54) is 4.90 Å². The van der Waals surface area contributed by atoms with Gasteiger partial charge in [0.05, 0.1) is 11.2 Å². The first-order valence-electron chi connectivity index (χ1n) is 7.28. The molecule has 1 aliphatic heterocycles. The predicted octanol–water partition coefficient (Wildman–Crippen LogP) is 3.97. The molecule has 2 rings (SSSR count). The van der Waals surface area contributed by atoms with E-state index in [1.807, 2.05) is 17.8 Å². The van der Waals surface area contributed by atoms with Crippen molar-refractivity contribution in [1.82, 2.24) is 5.43 Å². The number of hydrogen-bond donors (Lipinski definition) is 2. The molecule has 0 bridgehead atoms. The number of nitrogens with one attached hydrogen (secondary N) is 1. The maximum atomic E-state index is 6.19. The van der Waals surface area contributed by atoms with E-state index in [4.69, 9.17) is 10.6 Å². The standard InChI is InChI=1S/C16H25BrN2OS/c1-15(2)9-13(16(3,4)20-15)14(19-18)10-21-12-7-5-6-11(17)8-12/h5-8,13-14,19H,9-10,18H2,1-4H3. The highest BCUT2D eigenvalue weighted by molar-refractivity contribution is 9.10. The molecule has 0 amide bonds. The van der Waals surface area contributed by atoms with Gasteiger partial charge in [-0.25, -0.2) is 0 Å². The van der Waals surface area contributed by atoms with E-state index < -0.39 is 0 Å². The summed E-state index contributed by atoms with van der Waals surface area (Å²) in [7, 11) is 0. The summed E-state index contributed by atoms with van der Waals surface area (Å²) in [5, 5.41) is 0. The molecule has 1 saturated heterocycles. The van der Waals surface area contributed by atoms with Gasteiger partial charge in [0, 0.05) is 27.1 Å². The zero-order chi connectivity index (χ0) is 15.7. The monoisotopic (exact) mass is 372 g/mol. The van der Waals surface area contributed by atoms with E-state index in [0.717, 1.165) is 16.6 Å². The van der Waals surface area contributed by atoms with Crippen LogP contribution in [0.15, 0.2) is 33.6 Å². The number of hydrazine groups is 1. The van der Waals surface area contributed by atoms with Crippen LogP contribution in [0, 0.1) is 5.92 Å². The van der Waals surface area contributed by atoms with Gasteiger partial charge in [0.1, 0.15) is 0 Å². The second-order valence-electron chi connectivity index (χ2n) is 6.82. The zero-order valence-electron chi connectivity index (χ0n) is 13.2. The highest BCUT2D eigenvalue weighted by Crippen LogP contribution is 2.44. The molecule has 2 atom stereocenters. The van der Waals surface area contributed by atoms with Gasteiger partial charge in [0.2, 0.25) is 0 Å². The highest BCUT2D eigenvalue weighted by atomic mass is 79.9. The SMILES string of the molecule is CC1(C)CC(C(CSc2cccc(Br)c2)NN)C(C)(C)O1. The van der Waals surface area contributed by atoms with Crippen molar-refractivity contribution in [3.63, 3.8) is 0 Å². The van der Waals surface area contributed by atoms with Crippen molar-refractivity contribution >= 4 is 27.7 Å². The highest BCUT2D eigenvalue weighted by Gasteiger charge is 2.48. The molecule has 21 heavy (non-hydrogen) atoms. The molecule has 3 N–H and O–H groups in total. The van der Waals surface area contributed by atoms with Crippen LogP contribution in [-0.2, 0) is 4.74 Å². The van der Waals surface area contributed by atoms with Crippen molar-refractivity contribution in [2.75, 3.05) is 5.75 Å². The maximum Gasteiger partial charge on any atom is 0.0678 e. The fourth-order valence-electron chi connectivity index (χ4n) is 3.25. The van der Waals surface area contributed by atoms with Crippen LogP contribution >= 0.6 is 27.7 Å². The minimum absolute atomic E-state index is 0.0797. The molecule has 3 nitrogen and oxygen atoms in total. The molecule has 0 aromatic heterocycles. The smallest absolute Gasteiger partial charge is 0.0678 e. The average molecular weight is 373 g/mol. The van der Waals surface area contributed by atoms with E-state index >= 15 is 0 Å². The molecule has 1 aromatic rings. The van der Waals surface area contributed by atoms with Gasteiger partial charge in [-0.15, -0.1) is 11.8 Å². The first-order valence-corrected chi connectivity index (χ1v) is 9.06. The maximum absolute atomic E-state index is 6.19. The van der Waals surface area contributed by atoms with Crippen molar-refractivity contribution in [3.8, 4) is 0 Å². The summed E-state index contributed by atoms with van der Waals surface area (Å²) in [6, 6.07) is 8.59. The number of nitrogens with two attached hydrogens (primary N) is 1. The summed E-state index contributed by atoms with van der Waals surface area (Å²) in [4.78, 5) is 1.25. The van der Waals surface area contributed by atoms with E-state index in [1.54, 1.807) is 0 Å². The fraction of sp³-hybridized carbons (Fsp3) is 0.625. The third-order valence-corrected chi connectivity index (χ3v) is 5.68. The van der Waals surface area contributed by atoms with Crippen LogP contribution in [0.5, 0.6) is 0 Å². The van der Waals surface area contributed by atoms with Crippen molar-refractivity contribution in [2.24, 2.45) is 11.8 Å². The summed E-state index contributed by atoms with van der Waals surface area (Å²) in [5.41, 5.74) is 2.78. The van der Waals surface area contributed by atoms with E-state index in [-0.39, 0.29) is 17.2 Å². The molecule has 0 saturated carbocycles. The largest absolute Gasteiger partial charge is 0.369 e. The number of rotatable bonds is 5. The fourth-order valence-corrected chi connectivity index (χ4v) is 4.89. The summed E-state index contributed by atoms with van der Waals surface area (Å²) < 4.78 is 7.30. The Morgan fingerprint density at radius 1 is 1.43 bits per heavy atom. The molecule has 0 aliphatic carbocycles. The first-order chi connectivity index (χ1) is 9.73. The molecule has 0 radical (unpaired) electrons. The van der Waals surface area contributed by atoms with E-state index in [2.05, 4.69) is 67.2 Å². The minimum atomic E-state index is -0.154. The Bertz CT molecular complexity index is 493. The van der Waals surface area contributed by atoms with Gasteiger partial charge in [-0.2, -0.15) is 0 Å². The normalized spacial score (nSPS) is 25.0. The van der Waals surface area contributed by atoms with Crippen LogP contribution in [0.2, 0.25) is 0 Å². The van der Waals surface area contributed by atoms with Gasteiger partial charge < -0.3 is 4.74 Å². The summed E-state index contributed by atoms with van der Waals surface area (Å²) in [5.74, 6) is 7.16. The minimum Gasteiger partial charge on any atom is -0.369 e. The van der Waals surface area contributed by atoms with E-state index in [9.17, 15) is 0 Å². The Morgan fingerprint density at radius 3 is 2.67 bits per heavy atom. The lowest BCUT2D eigenvalue weighted by Crippen LogP contribution is -2.48. The van der Waals surface area contributed by atoms with Gasteiger partial charge >= 0.3 is 0 Å². The molecule has 2 unspecified atom stereocenters. The van der Waals surface area contributed by atoms with Crippen LogP contribution in [0.4, 0.5) is 0 Å². The number of ether oxygens (including phenoxy) is 1. The molecule has 1 heterocycles. The quantitative estimate of drug-likeness (QED) is 0.466. The number of thioether (sulfide) groups is 1. The van der Waals surface area contributed by atoms with Crippen molar-refractivity contribution < 1.29 is 4.74 Å². The first kappa shape index (κ1) is 17.3. The Hall–Kier alpha value is -0.0700. The van der Waals surface area contributed by atoms with Crippen LogP contribution in [-0.4, -0.2) is 23.0 Å². The van der Waals surface area contributed by atoms with Crippen molar-refractivity contribution in [1.29, 1.82) is 0 Å². The Labute approximate surface area is 140 Å². The molecule has 5 heteroatoms. The van der Waals surface area contributed by atoms with Crippen molar-refractivity contribution in [2.45, 2.75) is 56.3 Å². The molecule has 1 aromatic carbocycles. The number of benzene rings is 1. The van der Waals surface area contributed by atoms with Gasteiger partial charge in [0.15, 0.2) is 0 Å². The second-order valence-corrected chi connectivity index (χ2v) is 8.83. The summed E-state index contributed by atoms with van der Waals surface area (Å²) in [6.07, 6.45) is 1.02. The lowest BCUT2D eigenvalue weighted by Gasteiger charge is -2.32. The zero-order valence-corrected chi connectivity index (χ0v) is 15.6. The Balaban J connectivity index is 2.03. The lowest BCUT2D eigenvalue weighted by atomic mass is 9.82. The molecule has 118 valence electrons. The van der Waals surface area contributed by atoms with Crippen LogP contribution < -0.4 is 11.3 Å². The Kier molecular flexibility index (Phi) is 5.42. The van der Waals surface area contributed by atoms with E-state index in [0.29, 0.717) is 5.92 Å². The number of hydrogen-bond acceptors (Lipinski definition) is 4. The van der Waals surface area contributed by atoms with Gasteiger partial charge in [-0.3, -0.25) is 11.3 Å². The molecule has 0 spiro atoms. The van der Waals surface area contributed by atoms with Crippen molar-refractivity contribution in [3.05, 3.63) is 28.7 Å². The van der Waals surface area contributed by atoms with Crippen LogP contribution in [0.1, 0.15) is 34.1 Å². The topological polar surface area (TPSA) is 47.3 Å². The second kappa shape index (κ2) is 6.59. The summed E-state index contributed by atoms with van der Waals surface area (Å²) in [6.45, 7) is 8.65. The average Bonchev–Trinajstić information content (AvgIpc) is 2.58. The number of halogens is 1.